The van der Waals surface area contributed by atoms with Gasteiger partial charge in [-0.1, -0.05) is 60.9 Å². The number of hydrogen-bond acceptors (Lipinski definition) is 2. The van der Waals surface area contributed by atoms with Gasteiger partial charge in [0.05, 0.1) is 16.5 Å². The third-order valence-electron chi connectivity index (χ3n) is 6.27. The van der Waals surface area contributed by atoms with Crippen LogP contribution in [-0.2, 0) is 15.6 Å². The highest BCUT2D eigenvalue weighted by molar-refractivity contribution is 7.97. The third-order valence-corrected chi connectivity index (χ3v) is 8.50. The maximum absolute atomic E-state index is 13.0. The number of esters is 1. The number of rotatable bonds is 6. The summed E-state index contributed by atoms with van der Waals surface area (Å²) in [6.07, 6.45) is 9.90. The van der Waals surface area contributed by atoms with Gasteiger partial charge in [0.15, 0.2) is 20.3 Å². The van der Waals surface area contributed by atoms with E-state index < -0.39 is 5.60 Å². The van der Waals surface area contributed by atoms with Gasteiger partial charge in [0.25, 0.3) is 0 Å². The Kier molecular flexibility index (Phi) is 7.06. The highest BCUT2D eigenvalue weighted by atomic mass is 32.2. The molecule has 0 N–H and O–H groups in total. The third kappa shape index (κ3) is 5.07. The van der Waals surface area contributed by atoms with Crippen LogP contribution in [0.15, 0.2) is 112 Å². The Bertz CT molecular complexity index is 1110. The zero-order valence-corrected chi connectivity index (χ0v) is 19.8. The summed E-state index contributed by atoms with van der Waals surface area (Å²) in [6.45, 7) is 6.03. The molecule has 0 heterocycles. The second-order valence-electron chi connectivity index (χ2n) is 8.55. The van der Waals surface area contributed by atoms with Gasteiger partial charge in [-0.2, -0.15) is 0 Å². The fourth-order valence-electron chi connectivity index (χ4n) is 4.45. The molecule has 0 aliphatic heterocycles. The minimum absolute atomic E-state index is 0.00139. The van der Waals surface area contributed by atoms with E-state index in [4.69, 9.17) is 11.2 Å². The Morgan fingerprint density at radius 2 is 1.48 bits per heavy atom. The van der Waals surface area contributed by atoms with Crippen molar-refractivity contribution in [2.24, 2.45) is 5.92 Å². The van der Waals surface area contributed by atoms with Crippen LogP contribution in [0, 0.1) is 18.3 Å². The second kappa shape index (κ2) is 10.1. The number of benzene rings is 3. The van der Waals surface area contributed by atoms with Crippen molar-refractivity contribution in [3.8, 4) is 12.3 Å². The molecule has 1 saturated carbocycles. The smallest absolute Gasteiger partial charge is 0.339 e. The summed E-state index contributed by atoms with van der Waals surface area (Å²) >= 11 is 0. The molecule has 166 valence electrons. The summed E-state index contributed by atoms with van der Waals surface area (Å²) < 4.78 is 5.92. The molecule has 0 bridgehead atoms. The van der Waals surface area contributed by atoms with Crippen molar-refractivity contribution in [3.05, 3.63) is 103 Å². The van der Waals surface area contributed by atoms with Crippen LogP contribution in [0.5, 0.6) is 0 Å². The Morgan fingerprint density at radius 1 is 0.939 bits per heavy atom. The molecule has 1 aliphatic carbocycles. The molecule has 2 unspecified atom stereocenters. The van der Waals surface area contributed by atoms with Gasteiger partial charge in [-0.15, -0.1) is 6.42 Å². The van der Waals surface area contributed by atoms with Gasteiger partial charge < -0.3 is 4.74 Å². The lowest BCUT2D eigenvalue weighted by Gasteiger charge is -2.36. The normalized spacial score (nSPS) is 17.7. The highest BCUT2D eigenvalue weighted by Gasteiger charge is 2.39. The van der Waals surface area contributed by atoms with Crippen molar-refractivity contribution >= 4 is 16.9 Å². The molecular formula is C30H29O2S+. The lowest BCUT2D eigenvalue weighted by Crippen LogP contribution is -2.40. The van der Waals surface area contributed by atoms with E-state index in [0.29, 0.717) is 5.56 Å². The van der Waals surface area contributed by atoms with Crippen LogP contribution in [0.2, 0.25) is 0 Å². The van der Waals surface area contributed by atoms with Crippen LogP contribution in [-0.4, -0.2) is 11.6 Å². The first-order valence-electron chi connectivity index (χ1n) is 11.3. The molecule has 0 spiro atoms. The van der Waals surface area contributed by atoms with E-state index >= 15 is 0 Å². The predicted molar refractivity (Wildman–Crippen MR) is 135 cm³/mol. The number of carbonyl (C=O) groups excluding carboxylic acids is 1. The average Bonchev–Trinajstić information content (AvgIpc) is 2.86. The largest absolute Gasteiger partial charge is 0.442 e. The van der Waals surface area contributed by atoms with Crippen molar-refractivity contribution in [2.45, 2.75) is 52.9 Å². The molecule has 2 nitrogen and oxygen atoms in total. The van der Waals surface area contributed by atoms with Crippen molar-refractivity contribution in [1.82, 2.24) is 0 Å². The first-order chi connectivity index (χ1) is 16.0. The molecule has 1 fully saturated rings. The van der Waals surface area contributed by atoms with E-state index in [9.17, 15) is 4.79 Å². The molecule has 0 amide bonds. The fraction of sp³-hybridized carbons (Fsp3) is 0.233. The predicted octanol–water partition coefficient (Wildman–Crippen LogP) is 7.08. The summed E-state index contributed by atoms with van der Waals surface area (Å²) in [5, 5.41) is 0. The van der Waals surface area contributed by atoms with Crippen LogP contribution in [0.25, 0.3) is 0 Å². The standard InChI is InChI=1S/C30H29O2S/c1-4-30(3,28-18-12-11-13-23(28)2)32-29(31)24-19-21-27(22-20-24)33(25-14-7-5-8-15-25)26-16-9-6-10-17-26/h1,5-10,14-17,19-22,28H,2,11-13,18H2,3H3/q+1. The van der Waals surface area contributed by atoms with E-state index in [1.807, 2.05) is 43.3 Å². The first-order valence-corrected chi connectivity index (χ1v) is 12.6. The van der Waals surface area contributed by atoms with Gasteiger partial charge in [0.2, 0.25) is 0 Å². The van der Waals surface area contributed by atoms with E-state index in [1.54, 1.807) is 0 Å². The molecule has 3 aromatic carbocycles. The van der Waals surface area contributed by atoms with Gasteiger partial charge in [0, 0.05) is 5.92 Å². The van der Waals surface area contributed by atoms with Crippen LogP contribution in [0.1, 0.15) is 43.0 Å². The minimum atomic E-state index is -0.981. The lowest BCUT2D eigenvalue weighted by atomic mass is 9.75. The number of carbonyl (C=O) groups is 1. The van der Waals surface area contributed by atoms with Gasteiger partial charge in [0.1, 0.15) is 0 Å². The zero-order valence-electron chi connectivity index (χ0n) is 19.0. The van der Waals surface area contributed by atoms with Crippen LogP contribution < -0.4 is 0 Å². The molecule has 1 aliphatic rings. The Labute approximate surface area is 200 Å². The zero-order chi connectivity index (χ0) is 23.3. The van der Waals surface area contributed by atoms with Crippen LogP contribution in [0.4, 0.5) is 0 Å². The van der Waals surface area contributed by atoms with E-state index in [-0.39, 0.29) is 22.8 Å². The molecule has 3 heteroatoms. The quantitative estimate of drug-likeness (QED) is 0.173. The van der Waals surface area contributed by atoms with Gasteiger partial charge >= 0.3 is 5.97 Å². The molecule has 3 aromatic rings. The fourth-order valence-corrected chi connectivity index (χ4v) is 6.53. The number of ether oxygens (including phenoxy) is 1. The van der Waals surface area contributed by atoms with Crippen molar-refractivity contribution in [3.63, 3.8) is 0 Å². The molecular weight excluding hydrogens is 424 g/mol. The van der Waals surface area contributed by atoms with E-state index in [1.165, 1.54) is 9.79 Å². The molecule has 0 saturated heterocycles. The highest BCUT2D eigenvalue weighted by Crippen LogP contribution is 2.38. The average molecular weight is 454 g/mol. The Hall–Kier alpha value is -3.22. The maximum atomic E-state index is 13.0. The van der Waals surface area contributed by atoms with Gasteiger partial charge in [-0.05, 0) is 74.7 Å². The van der Waals surface area contributed by atoms with Crippen molar-refractivity contribution in [1.29, 1.82) is 0 Å². The summed E-state index contributed by atoms with van der Waals surface area (Å²) in [5.74, 6) is 2.36. The topological polar surface area (TPSA) is 26.3 Å². The summed E-state index contributed by atoms with van der Waals surface area (Å²) in [6, 6.07) is 28.6. The molecule has 0 aromatic heterocycles. The van der Waals surface area contributed by atoms with Gasteiger partial charge in [-0.3, -0.25) is 0 Å². The number of hydrogen-bond donors (Lipinski definition) is 0. The van der Waals surface area contributed by atoms with Crippen molar-refractivity contribution < 1.29 is 9.53 Å². The monoisotopic (exact) mass is 453 g/mol. The molecule has 4 rings (SSSR count). The van der Waals surface area contributed by atoms with Gasteiger partial charge in [-0.25, -0.2) is 4.79 Å². The maximum Gasteiger partial charge on any atom is 0.339 e. The van der Waals surface area contributed by atoms with E-state index in [2.05, 4.69) is 61.0 Å². The van der Waals surface area contributed by atoms with Crippen LogP contribution in [0.3, 0.4) is 0 Å². The Morgan fingerprint density at radius 3 is 2.00 bits per heavy atom. The molecule has 33 heavy (non-hydrogen) atoms. The molecule has 0 radical (unpaired) electrons. The summed E-state index contributed by atoms with van der Waals surface area (Å²) in [5.41, 5.74) is 0.608. The van der Waals surface area contributed by atoms with E-state index in [0.717, 1.165) is 36.2 Å². The summed E-state index contributed by atoms with van der Waals surface area (Å²) in [4.78, 5) is 16.6. The lowest BCUT2D eigenvalue weighted by molar-refractivity contribution is -0.00646. The summed E-state index contributed by atoms with van der Waals surface area (Å²) in [7, 11) is -0.261. The van der Waals surface area contributed by atoms with Crippen LogP contribution >= 0.6 is 0 Å². The van der Waals surface area contributed by atoms with Crippen molar-refractivity contribution in [2.75, 3.05) is 0 Å². The second-order valence-corrected chi connectivity index (χ2v) is 10.6. The first kappa shape index (κ1) is 23.0. The minimum Gasteiger partial charge on any atom is -0.442 e. The molecule has 2 atom stereocenters. The Balaban J connectivity index is 1.58. The number of terminal acetylenes is 1. The SMILES string of the molecule is C#CC(C)(OC(=O)c1ccc([S+](c2ccccc2)c2ccccc2)cc1)C1CCCCC1=C.